The van der Waals surface area contributed by atoms with Crippen LogP contribution in [-0.4, -0.2) is 40.3 Å². The number of benzene rings is 2. The standard InChI is InChI=1S/C18H17FN2O6S2/c1-25-13-8-9-14(26-2)17-16(13)21(10-15(22)27-3)18(28-17)20-29(23,24)12-6-4-11(19)5-7-12/h4-9H,10H2,1-3H3. The third-order valence-electron chi connectivity index (χ3n) is 4.02. The maximum absolute atomic E-state index is 13.1. The van der Waals surface area contributed by atoms with Gasteiger partial charge in [0.1, 0.15) is 34.1 Å². The van der Waals surface area contributed by atoms with E-state index in [-0.39, 0.29) is 16.2 Å². The van der Waals surface area contributed by atoms with Crippen LogP contribution in [0.25, 0.3) is 10.2 Å². The first-order chi connectivity index (χ1) is 13.8. The van der Waals surface area contributed by atoms with Crippen molar-refractivity contribution < 1.29 is 31.8 Å². The minimum atomic E-state index is -4.17. The summed E-state index contributed by atoms with van der Waals surface area (Å²) in [4.78, 5) is 11.8. The number of sulfonamides is 1. The van der Waals surface area contributed by atoms with E-state index >= 15 is 0 Å². The summed E-state index contributed by atoms with van der Waals surface area (Å²) in [5, 5.41) is 0. The molecule has 0 bridgehead atoms. The Hall–Kier alpha value is -2.92. The first-order valence-electron chi connectivity index (χ1n) is 8.18. The van der Waals surface area contributed by atoms with Gasteiger partial charge in [-0.15, -0.1) is 4.40 Å². The number of halogens is 1. The molecule has 0 saturated heterocycles. The third kappa shape index (κ3) is 4.10. The smallest absolute Gasteiger partial charge is 0.325 e. The fourth-order valence-corrected chi connectivity index (χ4v) is 4.97. The van der Waals surface area contributed by atoms with Crippen LogP contribution in [0.3, 0.4) is 0 Å². The van der Waals surface area contributed by atoms with E-state index in [0.717, 1.165) is 35.6 Å². The SMILES string of the molecule is COC(=O)Cn1c(=NS(=O)(=O)c2ccc(F)cc2)sc2c(OC)ccc(OC)c21. The lowest BCUT2D eigenvalue weighted by Gasteiger charge is -2.09. The molecule has 11 heteroatoms. The molecule has 2 aromatic carbocycles. The molecule has 3 aromatic rings. The number of nitrogens with zero attached hydrogens (tertiary/aromatic N) is 2. The molecule has 1 heterocycles. The van der Waals surface area contributed by atoms with E-state index < -0.39 is 21.8 Å². The number of ether oxygens (including phenoxy) is 3. The second kappa shape index (κ2) is 8.21. The van der Waals surface area contributed by atoms with E-state index in [1.807, 2.05) is 0 Å². The van der Waals surface area contributed by atoms with E-state index in [1.54, 1.807) is 12.1 Å². The third-order valence-corrected chi connectivity index (χ3v) is 6.51. The fraction of sp³-hybridized carbons (Fsp3) is 0.222. The molecule has 0 unspecified atom stereocenters. The monoisotopic (exact) mass is 440 g/mol. The highest BCUT2D eigenvalue weighted by Crippen LogP contribution is 2.35. The molecule has 3 rings (SSSR count). The Balaban J connectivity index is 2.33. The van der Waals surface area contributed by atoms with Gasteiger partial charge in [-0.25, -0.2) is 4.39 Å². The van der Waals surface area contributed by atoms with E-state index in [4.69, 9.17) is 14.2 Å². The molecule has 0 radical (unpaired) electrons. The van der Waals surface area contributed by atoms with Crippen molar-refractivity contribution in [3.8, 4) is 11.5 Å². The maximum Gasteiger partial charge on any atom is 0.325 e. The number of rotatable bonds is 6. The molecule has 0 spiro atoms. The van der Waals surface area contributed by atoms with Crippen molar-refractivity contribution in [3.63, 3.8) is 0 Å². The van der Waals surface area contributed by atoms with Crippen molar-refractivity contribution in [2.75, 3.05) is 21.3 Å². The zero-order valence-corrected chi connectivity index (χ0v) is 17.3. The minimum absolute atomic E-state index is 0.0116. The van der Waals surface area contributed by atoms with Crippen LogP contribution in [0.2, 0.25) is 0 Å². The Kier molecular flexibility index (Phi) is 5.89. The van der Waals surface area contributed by atoms with Crippen molar-refractivity contribution >= 4 is 37.5 Å². The number of aromatic nitrogens is 1. The largest absolute Gasteiger partial charge is 0.495 e. The average molecular weight is 440 g/mol. The Morgan fingerprint density at radius 2 is 1.69 bits per heavy atom. The Morgan fingerprint density at radius 3 is 2.28 bits per heavy atom. The maximum atomic E-state index is 13.1. The lowest BCUT2D eigenvalue weighted by atomic mass is 10.3. The van der Waals surface area contributed by atoms with Gasteiger partial charge in [0, 0.05) is 0 Å². The van der Waals surface area contributed by atoms with E-state index in [9.17, 15) is 17.6 Å². The molecule has 0 fully saturated rings. The number of carbonyl (C=O) groups is 1. The summed E-state index contributed by atoms with van der Waals surface area (Å²) < 4.78 is 59.9. The zero-order valence-electron chi connectivity index (χ0n) is 15.7. The van der Waals surface area contributed by atoms with Crippen LogP contribution in [0.4, 0.5) is 4.39 Å². The highest BCUT2D eigenvalue weighted by Gasteiger charge is 2.20. The predicted octanol–water partition coefficient (Wildman–Crippen LogP) is 2.32. The molecule has 1 aromatic heterocycles. The van der Waals surface area contributed by atoms with Gasteiger partial charge in [0.25, 0.3) is 10.0 Å². The lowest BCUT2D eigenvalue weighted by molar-refractivity contribution is -0.141. The van der Waals surface area contributed by atoms with Crippen LogP contribution < -0.4 is 14.3 Å². The molecule has 0 aliphatic rings. The molecule has 0 atom stereocenters. The van der Waals surface area contributed by atoms with Gasteiger partial charge in [-0.05, 0) is 36.4 Å². The van der Waals surface area contributed by atoms with Gasteiger partial charge in [-0.1, -0.05) is 11.3 Å². The summed E-state index contributed by atoms with van der Waals surface area (Å²) in [5.41, 5.74) is 0.440. The molecule has 154 valence electrons. The number of esters is 1. The van der Waals surface area contributed by atoms with Gasteiger partial charge < -0.3 is 18.8 Å². The number of carbonyl (C=O) groups excluding carboxylic acids is 1. The molecule has 8 nitrogen and oxygen atoms in total. The number of methoxy groups -OCH3 is 3. The molecule has 0 aliphatic heterocycles. The van der Waals surface area contributed by atoms with Crippen molar-refractivity contribution in [1.82, 2.24) is 4.57 Å². The Labute approximate surface area is 169 Å². The molecular weight excluding hydrogens is 423 g/mol. The minimum Gasteiger partial charge on any atom is -0.495 e. The van der Waals surface area contributed by atoms with Crippen LogP contribution in [0.1, 0.15) is 0 Å². The quantitative estimate of drug-likeness (QED) is 0.546. The molecule has 0 N–H and O–H groups in total. The predicted molar refractivity (Wildman–Crippen MR) is 104 cm³/mol. The lowest BCUT2D eigenvalue weighted by Crippen LogP contribution is -2.22. The molecule has 0 saturated carbocycles. The summed E-state index contributed by atoms with van der Waals surface area (Å²) in [6.07, 6.45) is 0. The van der Waals surface area contributed by atoms with Crippen molar-refractivity contribution in [1.29, 1.82) is 0 Å². The topological polar surface area (TPSA) is 96.2 Å². The fourth-order valence-electron chi connectivity index (χ4n) is 2.63. The van der Waals surface area contributed by atoms with Crippen LogP contribution in [-0.2, 0) is 26.1 Å². The van der Waals surface area contributed by atoms with Crippen LogP contribution in [0.15, 0.2) is 45.7 Å². The summed E-state index contributed by atoms with van der Waals surface area (Å²) >= 11 is 1.01. The van der Waals surface area contributed by atoms with Gasteiger partial charge in [-0.2, -0.15) is 8.42 Å². The van der Waals surface area contributed by atoms with Crippen LogP contribution in [0.5, 0.6) is 11.5 Å². The summed E-state index contributed by atoms with van der Waals surface area (Å²) in [6.45, 7) is -0.294. The van der Waals surface area contributed by atoms with Gasteiger partial charge >= 0.3 is 5.97 Å². The van der Waals surface area contributed by atoms with Gasteiger partial charge in [0.2, 0.25) is 4.80 Å². The Morgan fingerprint density at radius 1 is 1.07 bits per heavy atom. The molecule has 29 heavy (non-hydrogen) atoms. The van der Waals surface area contributed by atoms with Gasteiger partial charge in [0.15, 0.2) is 0 Å². The first-order valence-corrected chi connectivity index (χ1v) is 10.4. The molecule has 0 aliphatic carbocycles. The molecular formula is C18H17FN2O6S2. The highest BCUT2D eigenvalue weighted by molar-refractivity contribution is 7.90. The van der Waals surface area contributed by atoms with Crippen LogP contribution >= 0.6 is 11.3 Å². The second-order valence-electron chi connectivity index (χ2n) is 5.72. The van der Waals surface area contributed by atoms with E-state index in [1.165, 1.54) is 25.9 Å². The van der Waals surface area contributed by atoms with Crippen molar-refractivity contribution in [3.05, 3.63) is 47.0 Å². The summed E-state index contributed by atoms with van der Waals surface area (Å²) in [7, 11) is -0.0224. The van der Waals surface area contributed by atoms with Crippen LogP contribution in [0, 0.1) is 5.82 Å². The highest BCUT2D eigenvalue weighted by atomic mass is 32.2. The first kappa shape index (κ1) is 20.8. The van der Waals surface area contributed by atoms with Gasteiger partial charge in [0.05, 0.1) is 26.2 Å². The summed E-state index contributed by atoms with van der Waals surface area (Å²) in [6, 6.07) is 7.60. The number of fused-ring (bicyclic) bond motifs is 1. The normalized spacial score (nSPS) is 12.2. The molecule has 0 amide bonds. The van der Waals surface area contributed by atoms with E-state index in [2.05, 4.69) is 4.40 Å². The second-order valence-corrected chi connectivity index (χ2v) is 8.30. The van der Waals surface area contributed by atoms with Crippen molar-refractivity contribution in [2.24, 2.45) is 4.40 Å². The zero-order chi connectivity index (χ0) is 21.2. The summed E-state index contributed by atoms with van der Waals surface area (Å²) in [5.74, 6) is -0.303. The number of hydrogen-bond acceptors (Lipinski definition) is 7. The average Bonchev–Trinajstić information content (AvgIpc) is 3.04. The van der Waals surface area contributed by atoms with E-state index in [0.29, 0.717) is 21.7 Å². The number of hydrogen-bond donors (Lipinski definition) is 0. The van der Waals surface area contributed by atoms with Gasteiger partial charge in [-0.3, -0.25) is 4.79 Å². The van der Waals surface area contributed by atoms with Crippen molar-refractivity contribution in [2.45, 2.75) is 11.4 Å². The number of thiazole rings is 1. The Bertz CT molecular complexity index is 1230.